The van der Waals surface area contributed by atoms with Gasteiger partial charge in [-0.15, -0.1) is 11.8 Å². The van der Waals surface area contributed by atoms with Crippen molar-refractivity contribution < 1.29 is 0 Å². The Morgan fingerprint density at radius 1 is 1.12 bits per heavy atom. The van der Waals surface area contributed by atoms with Crippen molar-refractivity contribution in [2.75, 3.05) is 14.1 Å². The summed E-state index contributed by atoms with van der Waals surface area (Å²) in [5, 5.41) is 0.789. The first-order valence-corrected chi connectivity index (χ1v) is 11.1. The lowest BCUT2D eigenvalue weighted by Gasteiger charge is -2.56. The Hall–Kier alpha value is -0.0500. The third-order valence-corrected chi connectivity index (χ3v) is 8.91. The molecule has 4 saturated carbocycles. The third-order valence-electron chi connectivity index (χ3n) is 5.76. The Balaban J connectivity index is 1.70. The van der Waals surface area contributed by atoms with E-state index in [-0.39, 0.29) is 0 Å². The van der Waals surface area contributed by atoms with E-state index < -0.39 is 0 Å². The minimum atomic E-state index is 0.438. The molecule has 1 nitrogen and oxygen atoms in total. The summed E-state index contributed by atoms with van der Waals surface area (Å²) in [7, 11) is 3.95. The Labute approximate surface area is 168 Å². The van der Waals surface area contributed by atoms with Crippen LogP contribution in [-0.4, -0.2) is 23.7 Å². The van der Waals surface area contributed by atoms with E-state index in [1.807, 2.05) is 25.1 Å². The molecule has 0 unspecified atom stereocenters. The lowest BCUT2D eigenvalue weighted by atomic mass is 9.56. The Morgan fingerprint density at radius 3 is 2.25 bits per heavy atom. The molecule has 24 heavy (non-hydrogen) atoms. The van der Waals surface area contributed by atoms with E-state index in [0.29, 0.717) is 4.75 Å². The SMILES string of the molecule is CN(C)C#Cc1c(Cl)ccc(I)c1SC12CC3CC(CC(C3)C1)C2. The standard InChI is InChI=1S/C20H23ClINS/c1-23(2)6-5-16-17(21)3-4-18(22)19(16)24-20-10-13-7-14(11-20)9-15(8-13)12-20/h3-4,13-15H,7-12H2,1-2H3. The summed E-state index contributed by atoms with van der Waals surface area (Å²) in [4.78, 5) is 3.22. The van der Waals surface area contributed by atoms with Gasteiger partial charge in [-0.2, -0.15) is 0 Å². The first kappa shape index (κ1) is 17.4. The highest BCUT2D eigenvalue weighted by atomic mass is 127. The fraction of sp³-hybridized carbons (Fsp3) is 0.600. The number of halogens is 2. The molecule has 4 heteroatoms. The normalized spacial score (nSPS) is 33.2. The van der Waals surface area contributed by atoms with Crippen LogP contribution in [0.25, 0.3) is 0 Å². The van der Waals surface area contributed by atoms with Crippen LogP contribution in [0.2, 0.25) is 5.02 Å². The molecule has 0 spiro atoms. The second-order valence-electron chi connectivity index (χ2n) is 8.07. The van der Waals surface area contributed by atoms with Crippen LogP contribution in [0.5, 0.6) is 0 Å². The van der Waals surface area contributed by atoms with Crippen LogP contribution in [0.15, 0.2) is 17.0 Å². The van der Waals surface area contributed by atoms with E-state index in [1.165, 1.54) is 47.0 Å². The van der Waals surface area contributed by atoms with Crippen molar-refractivity contribution in [3.05, 3.63) is 26.3 Å². The van der Waals surface area contributed by atoms with Crippen molar-refractivity contribution in [3.63, 3.8) is 0 Å². The zero-order valence-corrected chi connectivity index (χ0v) is 18.0. The van der Waals surface area contributed by atoms with Crippen molar-refractivity contribution in [1.82, 2.24) is 4.90 Å². The molecule has 0 radical (unpaired) electrons. The van der Waals surface area contributed by atoms with Crippen LogP contribution >= 0.6 is 46.0 Å². The molecule has 1 aromatic carbocycles. The van der Waals surface area contributed by atoms with Crippen molar-refractivity contribution in [2.24, 2.45) is 17.8 Å². The maximum Gasteiger partial charge on any atom is 0.0597 e. The average Bonchev–Trinajstić information content (AvgIpc) is 2.48. The maximum absolute atomic E-state index is 6.53. The highest BCUT2D eigenvalue weighted by Crippen LogP contribution is 2.62. The van der Waals surface area contributed by atoms with Gasteiger partial charge in [0.2, 0.25) is 0 Å². The van der Waals surface area contributed by atoms with Crippen molar-refractivity contribution in [2.45, 2.75) is 48.2 Å². The second kappa shape index (κ2) is 6.59. The molecule has 4 aliphatic rings. The number of benzene rings is 1. The van der Waals surface area contributed by atoms with Crippen molar-refractivity contribution in [1.29, 1.82) is 0 Å². The zero-order chi connectivity index (χ0) is 16.9. The molecular weight excluding hydrogens is 449 g/mol. The van der Waals surface area contributed by atoms with Crippen LogP contribution in [0, 0.1) is 33.3 Å². The van der Waals surface area contributed by atoms with Crippen molar-refractivity contribution >= 4 is 46.0 Å². The first-order valence-electron chi connectivity index (χ1n) is 8.80. The summed E-state index contributed by atoms with van der Waals surface area (Å²) >= 11 is 11.1. The number of nitrogens with zero attached hydrogens (tertiary/aromatic N) is 1. The third kappa shape index (κ3) is 3.31. The van der Waals surface area contributed by atoms with E-state index in [0.717, 1.165) is 28.3 Å². The molecule has 0 aromatic heterocycles. The summed E-state index contributed by atoms with van der Waals surface area (Å²) in [6, 6.07) is 7.30. The quantitative estimate of drug-likeness (QED) is 0.301. The molecule has 1 aromatic rings. The van der Waals surface area contributed by atoms with Crippen molar-refractivity contribution in [3.8, 4) is 12.0 Å². The van der Waals surface area contributed by atoms with E-state index in [9.17, 15) is 0 Å². The second-order valence-corrected chi connectivity index (χ2v) is 11.1. The van der Waals surface area contributed by atoms with Crippen LogP contribution in [0.1, 0.15) is 44.1 Å². The Morgan fingerprint density at radius 2 is 1.71 bits per heavy atom. The molecule has 0 saturated heterocycles. The van der Waals surface area contributed by atoms with Gasteiger partial charge in [0.1, 0.15) is 0 Å². The van der Waals surface area contributed by atoms with Crippen LogP contribution in [0.4, 0.5) is 0 Å². The zero-order valence-electron chi connectivity index (χ0n) is 14.2. The predicted octanol–water partition coefficient (Wildman–Crippen LogP) is 5.88. The van der Waals surface area contributed by atoms with E-state index in [1.54, 1.807) is 0 Å². The number of hydrogen-bond donors (Lipinski definition) is 0. The predicted molar refractivity (Wildman–Crippen MR) is 111 cm³/mol. The summed E-state index contributed by atoms with van der Waals surface area (Å²) < 4.78 is 1.73. The molecule has 4 bridgehead atoms. The van der Waals surface area contributed by atoms with Gasteiger partial charge in [0.05, 0.1) is 10.6 Å². The number of hydrogen-bond acceptors (Lipinski definition) is 2. The summed E-state index contributed by atoms with van der Waals surface area (Å²) in [6.45, 7) is 0. The molecule has 0 N–H and O–H groups in total. The smallest absolute Gasteiger partial charge is 0.0597 e. The first-order chi connectivity index (χ1) is 11.4. The highest BCUT2D eigenvalue weighted by molar-refractivity contribution is 14.1. The van der Waals surface area contributed by atoms with Crippen LogP contribution in [-0.2, 0) is 0 Å². The van der Waals surface area contributed by atoms with Gasteiger partial charge in [0.25, 0.3) is 0 Å². The fourth-order valence-electron chi connectivity index (χ4n) is 5.29. The Bertz CT molecular complexity index is 683. The summed E-state index contributed by atoms with van der Waals surface area (Å²) in [6.07, 6.45) is 8.64. The van der Waals surface area contributed by atoms with Gasteiger partial charge in [-0.05, 0) is 96.9 Å². The molecule has 5 rings (SSSR count). The molecule has 4 aliphatic carbocycles. The lowest BCUT2D eigenvalue weighted by molar-refractivity contribution is 0.0383. The number of rotatable bonds is 2. The van der Waals surface area contributed by atoms with E-state index in [4.69, 9.17) is 11.6 Å². The van der Waals surface area contributed by atoms with Crippen LogP contribution in [0.3, 0.4) is 0 Å². The summed E-state index contributed by atoms with van der Waals surface area (Å²) in [5.41, 5.74) is 1.03. The Kier molecular flexibility index (Phi) is 4.77. The monoisotopic (exact) mass is 471 g/mol. The molecule has 0 aliphatic heterocycles. The topological polar surface area (TPSA) is 3.24 Å². The minimum absolute atomic E-state index is 0.438. The highest BCUT2D eigenvalue weighted by Gasteiger charge is 2.51. The van der Waals surface area contributed by atoms with Gasteiger partial charge in [-0.1, -0.05) is 11.6 Å². The van der Waals surface area contributed by atoms with Gasteiger partial charge < -0.3 is 4.90 Å². The number of thioether (sulfide) groups is 1. The van der Waals surface area contributed by atoms with Gasteiger partial charge in [-0.3, -0.25) is 0 Å². The minimum Gasteiger partial charge on any atom is -0.338 e. The van der Waals surface area contributed by atoms with E-state index in [2.05, 4.69) is 52.4 Å². The molecular formula is C20H23ClINS. The molecule has 128 valence electrons. The average molecular weight is 472 g/mol. The maximum atomic E-state index is 6.53. The van der Waals surface area contributed by atoms with Gasteiger partial charge >= 0.3 is 0 Å². The van der Waals surface area contributed by atoms with Gasteiger partial charge in [-0.25, -0.2) is 0 Å². The lowest BCUT2D eigenvalue weighted by Crippen LogP contribution is -2.48. The van der Waals surface area contributed by atoms with Gasteiger partial charge in [0, 0.05) is 33.4 Å². The van der Waals surface area contributed by atoms with E-state index >= 15 is 0 Å². The summed E-state index contributed by atoms with van der Waals surface area (Å²) in [5.74, 6) is 6.23. The molecule has 0 atom stereocenters. The fourth-order valence-corrected chi connectivity index (χ4v) is 8.15. The molecule has 0 heterocycles. The van der Waals surface area contributed by atoms with Gasteiger partial charge in [0.15, 0.2) is 0 Å². The van der Waals surface area contributed by atoms with Crippen LogP contribution < -0.4 is 0 Å². The molecule has 4 fully saturated rings. The molecule has 0 amide bonds. The largest absolute Gasteiger partial charge is 0.338 e.